The minimum atomic E-state index is 0.119. The smallest absolute Gasteiger partial charge is 0.0544 e. The molecule has 0 spiro atoms. The second kappa shape index (κ2) is 7.55. The van der Waals surface area contributed by atoms with Gasteiger partial charge in [-0.15, -0.1) is 6.58 Å². The van der Waals surface area contributed by atoms with Crippen LogP contribution in [0.2, 0.25) is 0 Å². The summed E-state index contributed by atoms with van der Waals surface area (Å²) in [6.07, 6.45) is 3.92. The molecule has 0 atom stereocenters. The van der Waals surface area contributed by atoms with Crippen LogP contribution in [-0.4, -0.2) is 28.0 Å². The van der Waals surface area contributed by atoms with Crippen molar-refractivity contribution >= 4 is 0 Å². The van der Waals surface area contributed by atoms with Crippen molar-refractivity contribution in [1.82, 2.24) is 15.2 Å². The molecule has 0 radical (unpaired) electrons. The Morgan fingerprint density at radius 1 is 1.35 bits per heavy atom. The highest BCUT2D eigenvalue weighted by Gasteiger charge is 2.20. The Bertz CT molecular complexity index is 401. The van der Waals surface area contributed by atoms with Gasteiger partial charge in [-0.1, -0.05) is 26.0 Å². The molecule has 1 rings (SSSR count). The lowest BCUT2D eigenvalue weighted by molar-refractivity contribution is 0.143. The predicted molar refractivity (Wildman–Crippen MR) is 86.6 cm³/mol. The van der Waals surface area contributed by atoms with Gasteiger partial charge in [-0.3, -0.25) is 9.88 Å². The van der Waals surface area contributed by atoms with Gasteiger partial charge in [-0.2, -0.15) is 0 Å². The topological polar surface area (TPSA) is 28.2 Å². The third-order valence-electron chi connectivity index (χ3n) is 3.25. The molecule has 0 aliphatic rings. The summed E-state index contributed by atoms with van der Waals surface area (Å²) in [5.41, 5.74) is 2.46. The van der Waals surface area contributed by atoms with Crippen LogP contribution in [-0.2, 0) is 13.1 Å². The first-order valence-electron chi connectivity index (χ1n) is 7.36. The van der Waals surface area contributed by atoms with Gasteiger partial charge < -0.3 is 5.32 Å². The first-order valence-corrected chi connectivity index (χ1v) is 7.36. The van der Waals surface area contributed by atoms with Crippen molar-refractivity contribution in [3.05, 3.63) is 42.2 Å². The summed E-state index contributed by atoms with van der Waals surface area (Å²) < 4.78 is 0. The quantitative estimate of drug-likeness (QED) is 0.773. The van der Waals surface area contributed by atoms with E-state index >= 15 is 0 Å². The zero-order valence-electron chi connectivity index (χ0n) is 13.6. The van der Waals surface area contributed by atoms with E-state index in [2.05, 4.69) is 68.5 Å². The van der Waals surface area contributed by atoms with Gasteiger partial charge >= 0.3 is 0 Å². The Labute approximate surface area is 124 Å². The maximum atomic E-state index is 4.58. The van der Waals surface area contributed by atoms with Gasteiger partial charge in [0.1, 0.15) is 0 Å². The SMILES string of the molecule is C=CCN(Cc1ccc(CNC(C)C)cn1)C(C)(C)C. The highest BCUT2D eigenvalue weighted by molar-refractivity contribution is 5.14. The number of hydrogen-bond acceptors (Lipinski definition) is 3. The van der Waals surface area contributed by atoms with Crippen molar-refractivity contribution in [3.63, 3.8) is 0 Å². The van der Waals surface area contributed by atoms with Crippen molar-refractivity contribution in [2.24, 2.45) is 0 Å². The van der Waals surface area contributed by atoms with Crippen LogP contribution < -0.4 is 5.32 Å². The third kappa shape index (κ3) is 5.85. The lowest BCUT2D eigenvalue weighted by atomic mass is 10.1. The van der Waals surface area contributed by atoms with Crippen LogP contribution in [0.1, 0.15) is 45.9 Å². The minimum absolute atomic E-state index is 0.119. The number of nitrogens with one attached hydrogen (secondary N) is 1. The first kappa shape index (κ1) is 16.9. The molecular weight excluding hydrogens is 246 g/mol. The molecule has 0 saturated heterocycles. The average Bonchev–Trinajstić information content (AvgIpc) is 2.36. The molecule has 1 aromatic heterocycles. The molecule has 0 aromatic carbocycles. The second-order valence-electron chi connectivity index (χ2n) is 6.53. The Kier molecular flexibility index (Phi) is 6.37. The van der Waals surface area contributed by atoms with Crippen LogP contribution in [0.15, 0.2) is 31.0 Å². The summed E-state index contributed by atoms with van der Waals surface area (Å²) in [6.45, 7) is 17.4. The molecule has 1 N–H and O–H groups in total. The summed E-state index contributed by atoms with van der Waals surface area (Å²) in [5, 5.41) is 3.40. The predicted octanol–water partition coefficient (Wildman–Crippen LogP) is 3.37. The monoisotopic (exact) mass is 275 g/mol. The van der Waals surface area contributed by atoms with Gasteiger partial charge in [0.2, 0.25) is 0 Å². The summed E-state index contributed by atoms with van der Waals surface area (Å²) >= 11 is 0. The minimum Gasteiger partial charge on any atom is -0.310 e. The maximum Gasteiger partial charge on any atom is 0.0544 e. The van der Waals surface area contributed by atoms with Gasteiger partial charge in [0, 0.05) is 37.4 Å². The molecule has 0 aliphatic heterocycles. The summed E-state index contributed by atoms with van der Waals surface area (Å²) in [6, 6.07) is 4.78. The third-order valence-corrected chi connectivity index (χ3v) is 3.25. The zero-order valence-corrected chi connectivity index (χ0v) is 13.6. The molecule has 0 fully saturated rings. The Hall–Kier alpha value is -1.19. The van der Waals surface area contributed by atoms with Crippen LogP contribution in [0.25, 0.3) is 0 Å². The van der Waals surface area contributed by atoms with Crippen molar-refractivity contribution in [2.45, 2.75) is 59.3 Å². The second-order valence-corrected chi connectivity index (χ2v) is 6.53. The number of hydrogen-bond donors (Lipinski definition) is 1. The number of nitrogens with zero attached hydrogens (tertiary/aromatic N) is 2. The van der Waals surface area contributed by atoms with Crippen LogP contribution in [0.4, 0.5) is 0 Å². The van der Waals surface area contributed by atoms with E-state index < -0.39 is 0 Å². The molecular formula is C17H29N3. The zero-order chi connectivity index (χ0) is 15.2. The summed E-state index contributed by atoms with van der Waals surface area (Å²) in [5.74, 6) is 0. The fourth-order valence-corrected chi connectivity index (χ4v) is 1.90. The van der Waals surface area contributed by atoms with Crippen molar-refractivity contribution in [2.75, 3.05) is 6.54 Å². The van der Waals surface area contributed by atoms with Gasteiger partial charge in [-0.05, 0) is 32.4 Å². The number of pyridine rings is 1. The fourth-order valence-electron chi connectivity index (χ4n) is 1.90. The van der Waals surface area contributed by atoms with E-state index in [-0.39, 0.29) is 5.54 Å². The van der Waals surface area contributed by atoms with E-state index in [4.69, 9.17) is 0 Å². The molecule has 1 heterocycles. The van der Waals surface area contributed by atoms with Crippen LogP contribution in [0, 0.1) is 0 Å². The van der Waals surface area contributed by atoms with Crippen LogP contribution in [0.5, 0.6) is 0 Å². The molecule has 0 aliphatic carbocycles. The number of rotatable bonds is 7. The van der Waals surface area contributed by atoms with E-state index in [1.165, 1.54) is 5.56 Å². The maximum absolute atomic E-state index is 4.58. The van der Waals surface area contributed by atoms with Gasteiger partial charge in [0.15, 0.2) is 0 Å². The molecule has 1 aromatic rings. The Morgan fingerprint density at radius 2 is 2.05 bits per heavy atom. The van der Waals surface area contributed by atoms with Crippen molar-refractivity contribution in [1.29, 1.82) is 0 Å². The molecule has 0 saturated carbocycles. The standard InChI is InChI=1S/C17H29N3/c1-7-10-20(17(4,5)6)13-16-9-8-15(12-19-16)11-18-14(2)3/h7-9,12,14,18H,1,10-11,13H2,2-6H3. The Balaban J connectivity index is 2.65. The molecule has 0 bridgehead atoms. The normalized spacial score (nSPS) is 12.2. The fraction of sp³-hybridized carbons (Fsp3) is 0.588. The Morgan fingerprint density at radius 3 is 2.50 bits per heavy atom. The van der Waals surface area contributed by atoms with E-state index in [0.717, 1.165) is 25.3 Å². The summed E-state index contributed by atoms with van der Waals surface area (Å²) in [4.78, 5) is 6.95. The van der Waals surface area contributed by atoms with Crippen molar-refractivity contribution < 1.29 is 0 Å². The van der Waals surface area contributed by atoms with E-state index in [0.29, 0.717) is 6.04 Å². The molecule has 0 unspecified atom stereocenters. The van der Waals surface area contributed by atoms with E-state index in [9.17, 15) is 0 Å². The lowest BCUT2D eigenvalue weighted by Gasteiger charge is -2.34. The highest BCUT2D eigenvalue weighted by Crippen LogP contribution is 2.16. The van der Waals surface area contributed by atoms with E-state index in [1.807, 2.05) is 12.3 Å². The van der Waals surface area contributed by atoms with Gasteiger partial charge in [0.05, 0.1) is 5.69 Å². The summed E-state index contributed by atoms with van der Waals surface area (Å²) in [7, 11) is 0. The number of aromatic nitrogens is 1. The van der Waals surface area contributed by atoms with Crippen LogP contribution >= 0.6 is 0 Å². The largest absolute Gasteiger partial charge is 0.310 e. The van der Waals surface area contributed by atoms with Crippen molar-refractivity contribution in [3.8, 4) is 0 Å². The molecule has 3 nitrogen and oxygen atoms in total. The van der Waals surface area contributed by atoms with Gasteiger partial charge in [0.25, 0.3) is 0 Å². The van der Waals surface area contributed by atoms with E-state index in [1.54, 1.807) is 0 Å². The molecule has 112 valence electrons. The van der Waals surface area contributed by atoms with Gasteiger partial charge in [-0.25, -0.2) is 0 Å². The average molecular weight is 275 g/mol. The highest BCUT2D eigenvalue weighted by atomic mass is 15.2. The lowest BCUT2D eigenvalue weighted by Crippen LogP contribution is -2.41. The van der Waals surface area contributed by atoms with Crippen LogP contribution in [0.3, 0.4) is 0 Å². The first-order chi connectivity index (χ1) is 9.32. The molecule has 20 heavy (non-hydrogen) atoms. The molecule has 3 heteroatoms. The molecule has 0 amide bonds.